The van der Waals surface area contributed by atoms with Crippen molar-refractivity contribution in [1.29, 1.82) is 0 Å². The van der Waals surface area contributed by atoms with E-state index < -0.39 is 12.1 Å². The van der Waals surface area contributed by atoms with Crippen LogP contribution >= 0.6 is 11.6 Å². The summed E-state index contributed by atoms with van der Waals surface area (Å²) in [6, 6.07) is 12.4. The largest absolute Gasteiger partial charge is 0.516 e. The number of unbranched alkanes of at least 4 members (excludes halogenated alkanes) is 11. The fourth-order valence-corrected chi connectivity index (χ4v) is 4.47. The molecule has 0 amide bonds. The van der Waals surface area contributed by atoms with Crippen molar-refractivity contribution in [2.45, 2.75) is 104 Å². The maximum absolute atomic E-state index is 12.6. The summed E-state index contributed by atoms with van der Waals surface area (Å²) in [5.74, 6) is 0.0970. The van der Waals surface area contributed by atoms with E-state index in [1.54, 1.807) is 24.3 Å². The smallest absolute Gasteiger partial charge is 0.493 e. The number of hydrogen-bond donors (Lipinski definition) is 0. The van der Waals surface area contributed by atoms with Gasteiger partial charge in [-0.2, -0.15) is 0 Å². The Morgan fingerprint density at radius 2 is 1.46 bits per heavy atom. The van der Waals surface area contributed by atoms with Crippen LogP contribution in [0.3, 0.4) is 0 Å². The summed E-state index contributed by atoms with van der Waals surface area (Å²) in [4.78, 5) is 24.6. The van der Waals surface area contributed by atoms with E-state index in [4.69, 9.17) is 25.8 Å². The van der Waals surface area contributed by atoms with Gasteiger partial charge in [-0.05, 0) is 48.2 Å². The Balaban J connectivity index is 1.85. The molecule has 2 aromatic rings. The number of esters is 1. The summed E-state index contributed by atoms with van der Waals surface area (Å²) >= 11 is 6.23. The van der Waals surface area contributed by atoms with Crippen molar-refractivity contribution in [3.05, 3.63) is 53.1 Å². The molecule has 0 fully saturated rings. The van der Waals surface area contributed by atoms with Gasteiger partial charge in [0.15, 0.2) is 0 Å². The molecule has 216 valence electrons. The molecular weight excluding hydrogens is 512 g/mol. The second kappa shape index (κ2) is 19.5. The van der Waals surface area contributed by atoms with Crippen molar-refractivity contribution < 1.29 is 23.8 Å². The zero-order valence-electron chi connectivity index (χ0n) is 24.1. The van der Waals surface area contributed by atoms with Crippen molar-refractivity contribution in [2.24, 2.45) is 5.92 Å². The SMILES string of the molecule is CCCCCCCCCCCCCCOc1ccc(C(=O)OC(=O)OCC(C)CC)cc1-c1cccc(Cl)c1. The molecule has 6 heteroatoms. The minimum atomic E-state index is -0.989. The standard InChI is InChI=1S/C33H47ClO5/c1-4-6-7-8-9-10-11-12-13-14-15-16-22-37-31-21-20-28(24-30(31)27-18-17-19-29(34)23-27)32(35)39-33(36)38-25-26(3)5-2/h17-21,23-24,26H,4-16,22,25H2,1-3H3. The molecule has 0 N–H and O–H groups in total. The van der Waals surface area contributed by atoms with Gasteiger partial charge in [0.05, 0.1) is 18.8 Å². The van der Waals surface area contributed by atoms with E-state index in [1.807, 2.05) is 32.0 Å². The van der Waals surface area contributed by atoms with Crippen molar-refractivity contribution >= 4 is 23.7 Å². The average Bonchev–Trinajstić information content (AvgIpc) is 2.94. The lowest BCUT2D eigenvalue weighted by Crippen LogP contribution is -2.17. The predicted octanol–water partition coefficient (Wildman–Crippen LogP) is 10.4. The third kappa shape index (κ3) is 13.4. The Hall–Kier alpha value is -2.53. The fourth-order valence-electron chi connectivity index (χ4n) is 4.28. The van der Waals surface area contributed by atoms with Gasteiger partial charge >= 0.3 is 12.1 Å². The number of hydrogen-bond acceptors (Lipinski definition) is 5. The van der Waals surface area contributed by atoms with Crippen LogP contribution in [0.4, 0.5) is 4.79 Å². The molecule has 0 aromatic heterocycles. The second-order valence-electron chi connectivity index (χ2n) is 10.4. The van der Waals surface area contributed by atoms with Crippen molar-refractivity contribution in [3.8, 4) is 16.9 Å². The quantitative estimate of drug-likeness (QED) is 0.0974. The van der Waals surface area contributed by atoms with Gasteiger partial charge in [0.1, 0.15) is 5.75 Å². The Kier molecular flexibility index (Phi) is 16.4. The molecule has 1 unspecified atom stereocenters. The zero-order valence-corrected chi connectivity index (χ0v) is 24.9. The van der Waals surface area contributed by atoms with Crippen LogP contribution < -0.4 is 4.74 Å². The molecule has 1 atom stereocenters. The van der Waals surface area contributed by atoms with E-state index in [9.17, 15) is 9.59 Å². The molecule has 2 aromatic carbocycles. The second-order valence-corrected chi connectivity index (χ2v) is 10.9. The number of halogens is 1. The van der Waals surface area contributed by atoms with Gasteiger partial charge in [-0.3, -0.25) is 0 Å². The Morgan fingerprint density at radius 1 is 0.821 bits per heavy atom. The molecule has 39 heavy (non-hydrogen) atoms. The normalized spacial score (nSPS) is 11.7. The van der Waals surface area contributed by atoms with E-state index in [0.717, 1.165) is 30.4 Å². The van der Waals surface area contributed by atoms with Gasteiger partial charge in [0, 0.05) is 10.6 Å². The summed E-state index contributed by atoms with van der Waals surface area (Å²) in [6.45, 7) is 7.03. The van der Waals surface area contributed by atoms with Crippen LogP contribution in [-0.2, 0) is 9.47 Å². The van der Waals surface area contributed by atoms with Crippen LogP contribution in [0, 0.1) is 5.92 Å². The zero-order chi connectivity index (χ0) is 28.3. The maximum atomic E-state index is 12.6. The van der Waals surface area contributed by atoms with Gasteiger partial charge in [0.2, 0.25) is 0 Å². The van der Waals surface area contributed by atoms with Gasteiger partial charge in [-0.15, -0.1) is 0 Å². The Labute approximate surface area is 240 Å². The minimum Gasteiger partial charge on any atom is -0.493 e. The summed E-state index contributed by atoms with van der Waals surface area (Å²) in [6.07, 6.45) is 15.3. The molecule has 0 spiro atoms. The topological polar surface area (TPSA) is 61.8 Å². The maximum Gasteiger partial charge on any atom is 0.516 e. The van der Waals surface area contributed by atoms with Gasteiger partial charge in [-0.1, -0.05) is 122 Å². The van der Waals surface area contributed by atoms with Crippen LogP contribution in [0.1, 0.15) is 115 Å². The molecule has 0 aliphatic rings. The lowest BCUT2D eigenvalue weighted by Gasteiger charge is -2.14. The molecule has 0 saturated heterocycles. The van der Waals surface area contributed by atoms with Crippen LogP contribution in [0.25, 0.3) is 11.1 Å². The molecule has 0 bridgehead atoms. The van der Waals surface area contributed by atoms with E-state index in [-0.39, 0.29) is 18.1 Å². The first-order valence-electron chi connectivity index (χ1n) is 14.9. The lowest BCUT2D eigenvalue weighted by molar-refractivity contribution is 0.0342. The van der Waals surface area contributed by atoms with Gasteiger partial charge in [0.25, 0.3) is 0 Å². The van der Waals surface area contributed by atoms with E-state index >= 15 is 0 Å². The van der Waals surface area contributed by atoms with Gasteiger partial charge < -0.3 is 14.2 Å². The highest BCUT2D eigenvalue weighted by molar-refractivity contribution is 6.30. The molecule has 5 nitrogen and oxygen atoms in total. The first-order valence-corrected chi connectivity index (χ1v) is 15.2. The summed E-state index contributed by atoms with van der Waals surface area (Å²) in [5, 5.41) is 0.584. The molecule has 0 heterocycles. The van der Waals surface area contributed by atoms with Crippen molar-refractivity contribution in [3.63, 3.8) is 0 Å². The number of ether oxygens (including phenoxy) is 3. The summed E-state index contributed by atoms with van der Waals surface area (Å²) in [7, 11) is 0. The van der Waals surface area contributed by atoms with Crippen LogP contribution in [0.5, 0.6) is 5.75 Å². The fraction of sp³-hybridized carbons (Fsp3) is 0.576. The lowest BCUT2D eigenvalue weighted by atomic mass is 10.0. The highest BCUT2D eigenvalue weighted by atomic mass is 35.5. The molecule has 0 saturated carbocycles. The van der Waals surface area contributed by atoms with Crippen LogP contribution in [0.15, 0.2) is 42.5 Å². The number of rotatable bonds is 19. The monoisotopic (exact) mass is 558 g/mol. The van der Waals surface area contributed by atoms with E-state index in [0.29, 0.717) is 17.4 Å². The first-order chi connectivity index (χ1) is 18.9. The predicted molar refractivity (Wildman–Crippen MR) is 160 cm³/mol. The molecule has 2 rings (SSSR count). The number of carbonyl (C=O) groups excluding carboxylic acids is 2. The molecule has 0 radical (unpaired) electrons. The van der Waals surface area contributed by atoms with E-state index in [2.05, 4.69) is 6.92 Å². The number of carbonyl (C=O) groups is 2. The molecule has 0 aliphatic carbocycles. The van der Waals surface area contributed by atoms with Gasteiger partial charge in [-0.25, -0.2) is 9.59 Å². The number of benzene rings is 2. The highest BCUT2D eigenvalue weighted by Gasteiger charge is 2.18. The Morgan fingerprint density at radius 3 is 2.08 bits per heavy atom. The third-order valence-corrected chi connectivity index (χ3v) is 7.20. The Bertz CT molecular complexity index is 990. The third-order valence-electron chi connectivity index (χ3n) is 6.97. The molecular formula is C33H47ClO5. The summed E-state index contributed by atoms with van der Waals surface area (Å²) < 4.78 is 16.1. The van der Waals surface area contributed by atoms with Crippen LogP contribution in [0.2, 0.25) is 5.02 Å². The van der Waals surface area contributed by atoms with E-state index in [1.165, 1.54) is 64.2 Å². The highest BCUT2D eigenvalue weighted by Crippen LogP contribution is 2.33. The van der Waals surface area contributed by atoms with Crippen molar-refractivity contribution in [1.82, 2.24) is 0 Å². The minimum absolute atomic E-state index is 0.198. The average molecular weight is 559 g/mol. The summed E-state index contributed by atoms with van der Waals surface area (Å²) in [5.41, 5.74) is 1.78. The van der Waals surface area contributed by atoms with Crippen molar-refractivity contribution in [2.75, 3.05) is 13.2 Å². The van der Waals surface area contributed by atoms with Crippen LogP contribution in [-0.4, -0.2) is 25.3 Å². The molecule has 0 aliphatic heterocycles. The first kappa shape index (κ1) is 32.7.